The normalized spacial score (nSPS) is 10.9. The molecule has 0 aliphatic rings. The summed E-state index contributed by atoms with van der Waals surface area (Å²) in [6, 6.07) is 12.6. The van der Waals surface area contributed by atoms with Crippen LogP contribution in [-0.4, -0.2) is 9.38 Å². The molecule has 0 amide bonds. The summed E-state index contributed by atoms with van der Waals surface area (Å²) in [4.78, 5) is 4.61. The zero-order chi connectivity index (χ0) is 11.8. The van der Waals surface area contributed by atoms with Gasteiger partial charge < -0.3 is 4.40 Å². The Bertz CT molecular complexity index is 668. The maximum Gasteiger partial charge on any atom is 0.137 e. The lowest BCUT2D eigenvalue weighted by atomic mass is 10.2. The van der Waals surface area contributed by atoms with Crippen molar-refractivity contribution in [2.45, 2.75) is 6.92 Å². The molecule has 3 rings (SSSR count). The molecule has 0 radical (unpaired) electrons. The third-order valence-corrected chi connectivity index (χ3v) is 3.46. The maximum atomic E-state index is 4.61. The molecular formula is C14H11IN2. The van der Waals surface area contributed by atoms with Gasteiger partial charge in [-0.1, -0.05) is 18.2 Å². The highest BCUT2D eigenvalue weighted by molar-refractivity contribution is 14.1. The molecule has 0 spiro atoms. The van der Waals surface area contributed by atoms with Crippen molar-refractivity contribution in [1.82, 2.24) is 9.38 Å². The van der Waals surface area contributed by atoms with Crippen LogP contribution in [0, 0.1) is 10.5 Å². The van der Waals surface area contributed by atoms with Crippen LogP contribution >= 0.6 is 22.6 Å². The van der Waals surface area contributed by atoms with Crippen molar-refractivity contribution in [3.8, 4) is 11.3 Å². The lowest BCUT2D eigenvalue weighted by molar-refractivity contribution is 1.16. The first-order chi connectivity index (χ1) is 8.22. The van der Waals surface area contributed by atoms with Gasteiger partial charge in [0.2, 0.25) is 0 Å². The summed E-state index contributed by atoms with van der Waals surface area (Å²) in [5.41, 5.74) is 4.41. The first-order valence-electron chi connectivity index (χ1n) is 5.44. The van der Waals surface area contributed by atoms with Gasteiger partial charge in [-0.05, 0) is 53.3 Å². The van der Waals surface area contributed by atoms with E-state index in [0.29, 0.717) is 0 Å². The van der Waals surface area contributed by atoms with E-state index in [1.54, 1.807) is 0 Å². The van der Waals surface area contributed by atoms with Crippen LogP contribution in [0.25, 0.3) is 16.9 Å². The fourth-order valence-corrected chi connectivity index (χ4v) is 2.22. The van der Waals surface area contributed by atoms with Crippen LogP contribution < -0.4 is 0 Å². The van der Waals surface area contributed by atoms with Gasteiger partial charge in [-0.3, -0.25) is 0 Å². The summed E-state index contributed by atoms with van der Waals surface area (Å²) in [5, 5.41) is 0. The van der Waals surface area contributed by atoms with Crippen LogP contribution in [-0.2, 0) is 0 Å². The highest BCUT2D eigenvalue weighted by Gasteiger charge is 2.03. The molecule has 17 heavy (non-hydrogen) atoms. The number of fused-ring (bicyclic) bond motifs is 1. The first kappa shape index (κ1) is 10.8. The second-order valence-electron chi connectivity index (χ2n) is 4.10. The standard InChI is InChI=1S/C14H11IN2/c1-10-2-7-14-16-13(9-17(14)8-10)11-3-5-12(15)6-4-11/h2-9H,1H3. The molecule has 2 aromatic heterocycles. The molecule has 2 nitrogen and oxygen atoms in total. The number of benzene rings is 1. The van der Waals surface area contributed by atoms with Crippen molar-refractivity contribution < 1.29 is 0 Å². The van der Waals surface area contributed by atoms with E-state index in [0.717, 1.165) is 16.9 Å². The summed E-state index contributed by atoms with van der Waals surface area (Å²) in [6.45, 7) is 2.09. The smallest absolute Gasteiger partial charge is 0.137 e. The Morgan fingerprint density at radius 1 is 1.00 bits per heavy atom. The minimum Gasteiger partial charge on any atom is -0.306 e. The van der Waals surface area contributed by atoms with E-state index in [1.807, 2.05) is 6.07 Å². The van der Waals surface area contributed by atoms with Crippen LogP contribution in [0.15, 0.2) is 48.8 Å². The average molecular weight is 334 g/mol. The van der Waals surface area contributed by atoms with Gasteiger partial charge in [-0.15, -0.1) is 0 Å². The average Bonchev–Trinajstić information content (AvgIpc) is 2.72. The van der Waals surface area contributed by atoms with Gasteiger partial charge in [0, 0.05) is 21.5 Å². The monoisotopic (exact) mass is 334 g/mol. The Balaban J connectivity index is 2.14. The molecule has 0 N–H and O–H groups in total. The number of hydrogen-bond acceptors (Lipinski definition) is 1. The lowest BCUT2D eigenvalue weighted by Crippen LogP contribution is -1.82. The van der Waals surface area contributed by atoms with E-state index in [-0.39, 0.29) is 0 Å². The van der Waals surface area contributed by atoms with Crippen LogP contribution in [0.2, 0.25) is 0 Å². The van der Waals surface area contributed by atoms with Gasteiger partial charge in [0.1, 0.15) is 5.65 Å². The zero-order valence-corrected chi connectivity index (χ0v) is 11.5. The molecule has 0 atom stereocenters. The molecule has 1 aromatic carbocycles. The molecule has 0 aliphatic heterocycles. The molecule has 0 aliphatic carbocycles. The highest BCUT2D eigenvalue weighted by Crippen LogP contribution is 2.20. The topological polar surface area (TPSA) is 17.3 Å². The number of rotatable bonds is 1. The second-order valence-corrected chi connectivity index (χ2v) is 5.35. The number of hydrogen-bond donors (Lipinski definition) is 0. The molecule has 0 fully saturated rings. The van der Waals surface area contributed by atoms with E-state index in [1.165, 1.54) is 9.13 Å². The van der Waals surface area contributed by atoms with Crippen molar-refractivity contribution in [3.05, 3.63) is 57.9 Å². The molecular weight excluding hydrogens is 323 g/mol. The molecule has 0 saturated heterocycles. The Labute approximate surface area is 113 Å². The summed E-state index contributed by atoms with van der Waals surface area (Å²) in [7, 11) is 0. The van der Waals surface area contributed by atoms with Crippen LogP contribution in [0.4, 0.5) is 0 Å². The van der Waals surface area contributed by atoms with E-state index in [2.05, 4.69) is 81.6 Å². The number of aromatic nitrogens is 2. The Morgan fingerprint density at radius 2 is 1.76 bits per heavy atom. The summed E-state index contributed by atoms with van der Waals surface area (Å²) < 4.78 is 3.31. The van der Waals surface area contributed by atoms with Crippen molar-refractivity contribution >= 4 is 28.2 Å². The molecule has 2 heterocycles. The predicted octanol–water partition coefficient (Wildman–Crippen LogP) is 3.91. The van der Waals surface area contributed by atoms with E-state index in [4.69, 9.17) is 0 Å². The number of aryl methyl sites for hydroxylation is 1. The molecule has 0 bridgehead atoms. The summed E-state index contributed by atoms with van der Waals surface area (Å²) in [5.74, 6) is 0. The van der Waals surface area contributed by atoms with E-state index < -0.39 is 0 Å². The van der Waals surface area contributed by atoms with Crippen molar-refractivity contribution in [3.63, 3.8) is 0 Å². The highest BCUT2D eigenvalue weighted by atomic mass is 127. The summed E-state index contributed by atoms with van der Waals surface area (Å²) >= 11 is 2.31. The van der Waals surface area contributed by atoms with Crippen molar-refractivity contribution in [2.24, 2.45) is 0 Å². The van der Waals surface area contributed by atoms with Gasteiger partial charge in [0.05, 0.1) is 5.69 Å². The maximum absolute atomic E-state index is 4.61. The number of imidazole rings is 1. The zero-order valence-electron chi connectivity index (χ0n) is 9.39. The number of pyridine rings is 1. The fraction of sp³-hybridized carbons (Fsp3) is 0.0714. The quantitative estimate of drug-likeness (QED) is 0.617. The molecule has 0 saturated carbocycles. The van der Waals surface area contributed by atoms with E-state index in [9.17, 15) is 0 Å². The van der Waals surface area contributed by atoms with E-state index >= 15 is 0 Å². The van der Waals surface area contributed by atoms with Crippen LogP contribution in [0.5, 0.6) is 0 Å². The van der Waals surface area contributed by atoms with Crippen LogP contribution in [0.3, 0.4) is 0 Å². The molecule has 3 heteroatoms. The second kappa shape index (κ2) is 4.14. The van der Waals surface area contributed by atoms with Crippen molar-refractivity contribution in [1.29, 1.82) is 0 Å². The van der Waals surface area contributed by atoms with Gasteiger partial charge in [-0.2, -0.15) is 0 Å². The van der Waals surface area contributed by atoms with Crippen LogP contribution in [0.1, 0.15) is 5.56 Å². The first-order valence-corrected chi connectivity index (χ1v) is 6.51. The Hall–Kier alpha value is -1.36. The molecule has 0 unspecified atom stereocenters. The lowest BCUT2D eigenvalue weighted by Gasteiger charge is -1.95. The minimum atomic E-state index is 0.990. The minimum absolute atomic E-state index is 0.990. The number of halogens is 1. The van der Waals surface area contributed by atoms with Gasteiger partial charge >= 0.3 is 0 Å². The third kappa shape index (κ3) is 2.07. The SMILES string of the molecule is Cc1ccc2nc(-c3ccc(I)cc3)cn2c1. The van der Waals surface area contributed by atoms with Gasteiger partial charge in [-0.25, -0.2) is 4.98 Å². The number of nitrogens with zero attached hydrogens (tertiary/aromatic N) is 2. The Morgan fingerprint density at radius 3 is 2.53 bits per heavy atom. The largest absolute Gasteiger partial charge is 0.306 e. The molecule has 3 aromatic rings. The van der Waals surface area contributed by atoms with Gasteiger partial charge in [0.15, 0.2) is 0 Å². The fourth-order valence-electron chi connectivity index (χ4n) is 1.86. The van der Waals surface area contributed by atoms with Gasteiger partial charge in [0.25, 0.3) is 0 Å². The summed E-state index contributed by atoms with van der Waals surface area (Å²) in [6.07, 6.45) is 4.17. The Kier molecular flexibility index (Phi) is 2.63. The van der Waals surface area contributed by atoms with Crippen molar-refractivity contribution in [2.75, 3.05) is 0 Å². The third-order valence-electron chi connectivity index (χ3n) is 2.74. The molecule has 84 valence electrons. The predicted molar refractivity (Wildman–Crippen MR) is 78.1 cm³/mol.